The van der Waals surface area contributed by atoms with Crippen molar-refractivity contribution in [2.24, 2.45) is 10.7 Å². The van der Waals surface area contributed by atoms with E-state index in [1.165, 1.54) is 6.21 Å². The number of rotatable bonds is 13. The maximum Gasteiger partial charge on any atom is 0.148 e. The van der Waals surface area contributed by atoms with E-state index in [4.69, 9.17) is 20.6 Å². The van der Waals surface area contributed by atoms with Crippen molar-refractivity contribution in [3.63, 3.8) is 0 Å². The molecule has 9 heteroatoms. The van der Waals surface area contributed by atoms with Crippen LogP contribution >= 0.6 is 0 Å². The van der Waals surface area contributed by atoms with E-state index in [0.29, 0.717) is 37.8 Å². The molecule has 0 bridgehead atoms. The van der Waals surface area contributed by atoms with E-state index in [0.717, 1.165) is 35.4 Å². The Bertz CT molecular complexity index is 834. The Morgan fingerprint density at radius 3 is 3.07 bits per heavy atom. The third-order valence-corrected chi connectivity index (χ3v) is 4.17. The topological polar surface area (TPSA) is 133 Å². The number of nitrogens with two attached hydrogens (primary N) is 1. The number of nitrogens with one attached hydrogen (secondary N) is 4. The third-order valence-electron chi connectivity index (χ3n) is 4.17. The van der Waals surface area contributed by atoms with Gasteiger partial charge in [0.05, 0.1) is 31.1 Å². The van der Waals surface area contributed by atoms with Gasteiger partial charge in [-0.2, -0.15) is 5.10 Å². The van der Waals surface area contributed by atoms with Crippen LogP contribution < -0.4 is 16.4 Å². The number of methoxy groups -OCH3 is 1. The monoisotopic (exact) mass is 413 g/mol. The molecule has 1 heterocycles. The Hall–Kier alpha value is -3.17. The zero-order valence-electron chi connectivity index (χ0n) is 17.6. The predicted molar refractivity (Wildman–Crippen MR) is 122 cm³/mol. The van der Waals surface area contributed by atoms with Crippen LogP contribution in [-0.2, 0) is 9.47 Å². The van der Waals surface area contributed by atoms with Crippen molar-refractivity contribution in [2.45, 2.75) is 12.8 Å². The number of aromatic amines is 1. The van der Waals surface area contributed by atoms with Crippen LogP contribution in [0.5, 0.6) is 0 Å². The molecule has 0 unspecified atom stereocenters. The molecule has 0 saturated heterocycles. The molecule has 0 amide bonds. The van der Waals surface area contributed by atoms with Crippen LogP contribution in [-0.4, -0.2) is 63.1 Å². The summed E-state index contributed by atoms with van der Waals surface area (Å²) < 4.78 is 11.4. The van der Waals surface area contributed by atoms with E-state index in [-0.39, 0.29) is 0 Å². The summed E-state index contributed by atoms with van der Waals surface area (Å²) in [5.41, 5.74) is 9.04. The molecule has 162 valence electrons. The van der Waals surface area contributed by atoms with Crippen LogP contribution in [0.1, 0.15) is 18.5 Å². The van der Waals surface area contributed by atoms with Crippen molar-refractivity contribution in [1.82, 2.24) is 15.5 Å². The number of allylic oxidation sites excluding steroid dienone is 5. The number of anilines is 1. The van der Waals surface area contributed by atoms with Gasteiger partial charge in [0.1, 0.15) is 11.6 Å². The summed E-state index contributed by atoms with van der Waals surface area (Å²) in [6.45, 7) is 2.09. The highest BCUT2D eigenvalue weighted by molar-refractivity contribution is 5.81. The molecule has 0 aromatic carbocycles. The Morgan fingerprint density at radius 2 is 2.33 bits per heavy atom. The first-order valence-corrected chi connectivity index (χ1v) is 9.84. The highest BCUT2D eigenvalue weighted by Crippen LogP contribution is 2.31. The number of hydrogen-bond acceptors (Lipinski definition) is 8. The second kappa shape index (κ2) is 13.1. The molecule has 0 saturated carbocycles. The van der Waals surface area contributed by atoms with Crippen molar-refractivity contribution in [2.75, 3.05) is 45.8 Å². The van der Waals surface area contributed by atoms with E-state index >= 15 is 0 Å². The van der Waals surface area contributed by atoms with E-state index < -0.39 is 0 Å². The highest BCUT2D eigenvalue weighted by atomic mass is 16.5. The molecule has 1 aliphatic rings. The Kier molecular flexibility index (Phi) is 10.1. The summed E-state index contributed by atoms with van der Waals surface area (Å²) in [5, 5.41) is 20.8. The molecular weight excluding hydrogens is 382 g/mol. The number of H-pyrrole nitrogens is 1. The largest absolute Gasteiger partial charge is 0.493 e. The van der Waals surface area contributed by atoms with Crippen LogP contribution in [0.3, 0.4) is 0 Å². The van der Waals surface area contributed by atoms with Gasteiger partial charge in [-0.05, 0) is 31.0 Å². The summed E-state index contributed by atoms with van der Waals surface area (Å²) in [4.78, 5) is 4.20. The zero-order chi connectivity index (χ0) is 21.6. The first-order valence-electron chi connectivity index (χ1n) is 9.84. The first-order chi connectivity index (χ1) is 14.7. The maximum absolute atomic E-state index is 7.30. The first kappa shape index (κ1) is 23.1. The second-order valence-electron chi connectivity index (χ2n) is 6.43. The molecule has 2 rings (SSSR count). The van der Waals surface area contributed by atoms with Gasteiger partial charge < -0.3 is 31.3 Å². The Balaban J connectivity index is 2.16. The summed E-state index contributed by atoms with van der Waals surface area (Å²) in [6, 6.07) is 1.94. The van der Waals surface area contributed by atoms with Gasteiger partial charge in [0.15, 0.2) is 0 Å². The minimum Gasteiger partial charge on any atom is -0.493 e. The van der Waals surface area contributed by atoms with Crippen LogP contribution in [0.25, 0.3) is 5.57 Å². The normalized spacial score (nSPS) is 14.6. The molecule has 0 fully saturated rings. The quantitative estimate of drug-likeness (QED) is 0.249. The SMILES string of the molecule is CN/C=C(C=N)\N=C/CNc1cc(C2=C(COC)CC=CC=C2OCCCN)[nH]n1. The molecular formula is C21H31N7O2. The van der Waals surface area contributed by atoms with Gasteiger partial charge in [0.2, 0.25) is 0 Å². The minimum absolute atomic E-state index is 0.473. The smallest absolute Gasteiger partial charge is 0.148 e. The predicted octanol–water partition coefficient (Wildman–Crippen LogP) is 2.21. The molecule has 1 aromatic rings. The van der Waals surface area contributed by atoms with Crippen molar-refractivity contribution < 1.29 is 9.47 Å². The van der Waals surface area contributed by atoms with E-state index in [1.54, 1.807) is 26.6 Å². The summed E-state index contributed by atoms with van der Waals surface area (Å²) in [6.07, 6.45) is 12.1. The highest BCUT2D eigenvalue weighted by Gasteiger charge is 2.19. The molecule has 9 nitrogen and oxygen atoms in total. The van der Waals surface area contributed by atoms with E-state index in [9.17, 15) is 0 Å². The van der Waals surface area contributed by atoms with Gasteiger partial charge in [-0.25, -0.2) is 0 Å². The average Bonchev–Trinajstić information content (AvgIpc) is 3.12. The van der Waals surface area contributed by atoms with Crippen LogP contribution in [0, 0.1) is 5.41 Å². The zero-order valence-corrected chi connectivity index (χ0v) is 17.6. The fraction of sp³-hybridized carbons (Fsp3) is 0.381. The number of nitrogens with zero attached hydrogens (tertiary/aromatic N) is 2. The molecule has 1 aliphatic carbocycles. The summed E-state index contributed by atoms with van der Waals surface area (Å²) in [7, 11) is 3.45. The van der Waals surface area contributed by atoms with Crippen LogP contribution in [0.15, 0.2) is 52.5 Å². The molecule has 30 heavy (non-hydrogen) atoms. The van der Waals surface area contributed by atoms with Crippen molar-refractivity contribution in [3.05, 3.63) is 53.2 Å². The van der Waals surface area contributed by atoms with Crippen LogP contribution in [0.2, 0.25) is 0 Å². The lowest BCUT2D eigenvalue weighted by Gasteiger charge is -2.16. The van der Waals surface area contributed by atoms with Gasteiger partial charge in [0.25, 0.3) is 0 Å². The lowest BCUT2D eigenvalue weighted by atomic mass is 10.0. The number of aromatic nitrogens is 2. The molecule has 6 N–H and O–H groups in total. The lowest BCUT2D eigenvalue weighted by Crippen LogP contribution is -2.07. The standard InChI is InChI=1S/C21H31N7O2/c1-24-14-17(13-23)25-9-10-26-20-12-18(27-28-20)21-16(15-29-2)6-3-4-7-19(21)30-11-5-8-22/h3-4,7,9,12-14,23-24H,5-6,8,10-11,15,22H2,1-2H3,(H2,26,27,28)/b17-14-,23-13?,25-9-. The van der Waals surface area contributed by atoms with E-state index in [2.05, 4.69) is 31.9 Å². The fourth-order valence-corrected chi connectivity index (χ4v) is 2.85. The Morgan fingerprint density at radius 1 is 1.47 bits per heavy atom. The third kappa shape index (κ3) is 7.02. The number of hydrogen-bond donors (Lipinski definition) is 5. The number of ether oxygens (including phenoxy) is 2. The Labute approximate surface area is 177 Å². The summed E-state index contributed by atoms with van der Waals surface area (Å²) >= 11 is 0. The van der Waals surface area contributed by atoms with Crippen molar-refractivity contribution >= 4 is 23.8 Å². The minimum atomic E-state index is 0.473. The van der Waals surface area contributed by atoms with Crippen LogP contribution in [0.4, 0.5) is 5.82 Å². The molecule has 0 spiro atoms. The molecule has 0 atom stereocenters. The second-order valence-corrected chi connectivity index (χ2v) is 6.43. The van der Waals surface area contributed by atoms with Crippen molar-refractivity contribution in [3.8, 4) is 0 Å². The van der Waals surface area contributed by atoms with Crippen molar-refractivity contribution in [1.29, 1.82) is 5.41 Å². The lowest BCUT2D eigenvalue weighted by molar-refractivity contribution is 0.217. The summed E-state index contributed by atoms with van der Waals surface area (Å²) in [5.74, 6) is 1.46. The van der Waals surface area contributed by atoms with Gasteiger partial charge in [-0.1, -0.05) is 12.2 Å². The fourth-order valence-electron chi connectivity index (χ4n) is 2.85. The van der Waals surface area contributed by atoms with E-state index in [1.807, 2.05) is 18.2 Å². The molecule has 0 radical (unpaired) electrons. The number of aliphatic imine (C=N–C) groups is 1. The van der Waals surface area contributed by atoms with Gasteiger partial charge in [-0.3, -0.25) is 10.1 Å². The van der Waals surface area contributed by atoms with Gasteiger partial charge in [0, 0.05) is 44.4 Å². The molecule has 0 aliphatic heterocycles. The van der Waals surface area contributed by atoms with Gasteiger partial charge in [-0.15, -0.1) is 0 Å². The maximum atomic E-state index is 7.30. The molecule has 1 aromatic heterocycles. The van der Waals surface area contributed by atoms with Gasteiger partial charge >= 0.3 is 0 Å². The average molecular weight is 414 g/mol.